The lowest BCUT2D eigenvalue weighted by Gasteiger charge is -2.39. The number of amides is 1. The average molecular weight is 602 g/mol. The van der Waals surface area contributed by atoms with Crippen molar-refractivity contribution >= 4 is 23.7 Å². The molecule has 5 rings (SSSR count). The summed E-state index contributed by atoms with van der Waals surface area (Å²) in [6.07, 6.45) is -5.19. The van der Waals surface area contributed by atoms with Crippen molar-refractivity contribution in [3.8, 4) is 0 Å². The molecule has 2 heterocycles. The highest BCUT2D eigenvalue weighted by Crippen LogP contribution is 2.57. The molecule has 12 nitrogen and oxygen atoms in total. The lowest BCUT2D eigenvalue weighted by Crippen LogP contribution is -2.54. The Kier molecular flexibility index (Phi) is 7.86. The highest BCUT2D eigenvalue weighted by Gasteiger charge is 2.69. The number of carbonyl (C=O) groups is 3. The Morgan fingerprint density at radius 1 is 0.955 bits per heavy atom. The van der Waals surface area contributed by atoms with Gasteiger partial charge in [-0.25, -0.2) is 9.18 Å². The third-order valence-corrected chi connectivity index (χ3v) is 7.60. The summed E-state index contributed by atoms with van der Waals surface area (Å²) < 4.78 is 23.6. The van der Waals surface area contributed by atoms with Gasteiger partial charge in [-0.1, -0.05) is 66.7 Å². The highest BCUT2D eigenvalue weighted by molar-refractivity contribution is 6.03. The van der Waals surface area contributed by atoms with Gasteiger partial charge in [-0.15, -0.1) is 0 Å². The number of nitrogens with one attached hydrogen (secondary N) is 1. The molecule has 0 aliphatic carbocycles. The van der Waals surface area contributed by atoms with Crippen LogP contribution in [-0.2, 0) is 10.3 Å². The fourth-order valence-electron chi connectivity index (χ4n) is 5.41. The molecule has 1 aromatic heterocycles. The third-order valence-electron chi connectivity index (χ3n) is 7.60. The number of aromatic nitrogens is 2. The minimum Gasteiger partial charge on any atom is -0.545 e. The number of carboxylic acid groups (broad SMARTS) is 2. The molecule has 1 aliphatic rings. The van der Waals surface area contributed by atoms with Gasteiger partial charge < -0.3 is 40.1 Å². The lowest BCUT2D eigenvalue weighted by molar-refractivity contribution is -0.256. The fourth-order valence-corrected chi connectivity index (χ4v) is 5.41. The minimum atomic E-state index is -3.08. The first-order valence-corrected chi connectivity index (χ1v) is 13.2. The van der Waals surface area contributed by atoms with Crippen LogP contribution in [0.2, 0.25) is 0 Å². The van der Waals surface area contributed by atoms with Gasteiger partial charge in [0.25, 0.3) is 5.91 Å². The monoisotopic (exact) mass is 601 g/mol. The molecule has 0 saturated carbocycles. The maximum Gasteiger partial charge on any atom is 0.351 e. The molecule has 1 aliphatic heterocycles. The van der Waals surface area contributed by atoms with Crippen LogP contribution in [0.5, 0.6) is 0 Å². The Morgan fingerprint density at radius 3 is 2.18 bits per heavy atom. The van der Waals surface area contributed by atoms with Crippen molar-refractivity contribution in [1.29, 1.82) is 0 Å². The molecule has 226 valence electrons. The number of carboxylic acids is 2. The van der Waals surface area contributed by atoms with Gasteiger partial charge in [0.2, 0.25) is 0 Å². The molecule has 3 aromatic carbocycles. The van der Waals surface area contributed by atoms with Gasteiger partial charge in [0.05, 0.1) is 11.9 Å². The summed E-state index contributed by atoms with van der Waals surface area (Å²) in [5, 5.41) is 49.9. The van der Waals surface area contributed by atoms with E-state index in [9.17, 15) is 39.6 Å². The van der Waals surface area contributed by atoms with Crippen LogP contribution >= 0.6 is 0 Å². The fraction of sp³-hybridized carbons (Fsp3) is 0.194. The quantitative estimate of drug-likeness (QED) is 0.256. The Morgan fingerprint density at radius 2 is 1.55 bits per heavy atom. The molecule has 3 N–H and O–H groups in total. The van der Waals surface area contributed by atoms with Crippen molar-refractivity contribution in [3.05, 3.63) is 129 Å². The van der Waals surface area contributed by atoms with Crippen LogP contribution in [0, 0.1) is 0 Å². The van der Waals surface area contributed by atoms with Crippen molar-refractivity contribution in [1.82, 2.24) is 9.55 Å². The van der Waals surface area contributed by atoms with Crippen LogP contribution in [0.3, 0.4) is 0 Å². The smallest absolute Gasteiger partial charge is 0.351 e. The average Bonchev–Trinajstić information content (AvgIpc) is 3.22. The summed E-state index contributed by atoms with van der Waals surface area (Å²) in [6, 6.07) is 19.0. The zero-order chi connectivity index (χ0) is 31.8. The second-order valence-corrected chi connectivity index (χ2v) is 10.2. The predicted molar refractivity (Wildman–Crippen MR) is 147 cm³/mol. The molecule has 13 heteroatoms. The first-order valence-electron chi connectivity index (χ1n) is 13.2. The van der Waals surface area contributed by atoms with Crippen LogP contribution < -0.4 is 21.2 Å². The number of hydrogen-bond donors (Lipinski definition) is 3. The van der Waals surface area contributed by atoms with Crippen LogP contribution in [0.4, 0.5) is 10.2 Å². The number of nitrogens with zero attached hydrogens (tertiary/aromatic N) is 2. The van der Waals surface area contributed by atoms with Crippen molar-refractivity contribution < 1.29 is 43.9 Å². The lowest BCUT2D eigenvalue weighted by atomic mass is 9.73. The number of aromatic carboxylic acids is 2. The van der Waals surface area contributed by atoms with E-state index in [0.29, 0.717) is 4.57 Å². The van der Waals surface area contributed by atoms with Crippen molar-refractivity contribution in [2.45, 2.75) is 36.6 Å². The number of alkyl halides is 1. The number of carbonyl (C=O) groups excluding carboxylic acids is 3. The zero-order valence-corrected chi connectivity index (χ0v) is 22.9. The Bertz CT molecular complexity index is 1810. The predicted octanol–water partition coefficient (Wildman–Crippen LogP) is 0.470. The Labute approximate surface area is 248 Å². The number of hydrogen-bond acceptors (Lipinski definition) is 10. The molecule has 5 atom stereocenters. The van der Waals surface area contributed by atoms with E-state index in [0.717, 1.165) is 31.3 Å². The molecule has 1 unspecified atom stereocenters. The number of benzene rings is 3. The zero-order valence-electron chi connectivity index (χ0n) is 22.9. The van der Waals surface area contributed by atoms with Gasteiger partial charge in [-0.05, 0) is 36.2 Å². The number of ether oxygens (including phenoxy) is 1. The molecule has 0 bridgehead atoms. The summed E-state index contributed by atoms with van der Waals surface area (Å²) in [7, 11) is 0. The number of halogens is 1. The van der Waals surface area contributed by atoms with E-state index < -0.39 is 69.9 Å². The third kappa shape index (κ3) is 5.02. The summed E-state index contributed by atoms with van der Waals surface area (Å²) in [4.78, 5) is 53.3. The molecule has 44 heavy (non-hydrogen) atoms. The molecule has 0 radical (unpaired) electrons. The molecule has 1 fully saturated rings. The van der Waals surface area contributed by atoms with Gasteiger partial charge in [-0.3, -0.25) is 9.36 Å². The van der Waals surface area contributed by atoms with Crippen LogP contribution in [-0.4, -0.2) is 49.4 Å². The van der Waals surface area contributed by atoms with Crippen molar-refractivity contribution in [3.63, 3.8) is 0 Å². The summed E-state index contributed by atoms with van der Waals surface area (Å²) >= 11 is 0. The van der Waals surface area contributed by atoms with E-state index in [2.05, 4.69) is 10.3 Å². The van der Waals surface area contributed by atoms with E-state index in [1.54, 1.807) is 18.2 Å². The second-order valence-electron chi connectivity index (χ2n) is 10.2. The SMILES string of the molecule is C[C@]1(F)[C@H](n2ccc(NC(=O)c3ccccc3)nc2=O)O[C@H](C(O)c2ccccc2C(=O)[O-])[C@]1(O)c1ccccc1C(=O)[O-]. The van der Waals surface area contributed by atoms with Gasteiger partial charge in [0, 0.05) is 22.9 Å². The Hall–Kier alpha value is -5.24. The number of anilines is 1. The van der Waals surface area contributed by atoms with E-state index in [-0.39, 0.29) is 16.9 Å². The number of aliphatic hydroxyl groups is 2. The molecular weight excluding hydrogens is 577 g/mol. The summed E-state index contributed by atoms with van der Waals surface area (Å²) in [6.45, 7) is 0.832. The first-order chi connectivity index (χ1) is 20.9. The van der Waals surface area contributed by atoms with Gasteiger partial charge >= 0.3 is 5.69 Å². The van der Waals surface area contributed by atoms with Crippen molar-refractivity contribution in [2.24, 2.45) is 0 Å². The Balaban J connectivity index is 1.61. The van der Waals surface area contributed by atoms with Crippen LogP contribution in [0.1, 0.15) is 61.5 Å². The van der Waals surface area contributed by atoms with Gasteiger partial charge in [-0.2, -0.15) is 4.98 Å². The minimum absolute atomic E-state index is 0.185. The summed E-state index contributed by atoms with van der Waals surface area (Å²) in [5.41, 5.74) is -8.99. The second kappa shape index (κ2) is 11.4. The van der Waals surface area contributed by atoms with Gasteiger partial charge in [0.15, 0.2) is 17.5 Å². The maximum absolute atomic E-state index is 17.2. The molecule has 1 saturated heterocycles. The van der Waals surface area contributed by atoms with Crippen LogP contribution in [0.25, 0.3) is 0 Å². The molecule has 0 spiro atoms. The van der Waals surface area contributed by atoms with E-state index in [4.69, 9.17) is 4.74 Å². The first kappa shape index (κ1) is 30.2. The standard InChI is InChI=1S/C31H26FN3O9/c1-30(32)28(35-16-15-22(34-29(35)42)33-25(37)17-9-3-2-4-10-17)44-24(23(36)18-11-5-6-12-19(18)26(38)39)31(30,43)21-14-8-7-13-20(21)27(40)41/h2-16,23-24,28,36,43H,1H3,(H,38,39)(H,40,41)(H,33,34,37,42)/p-2/t23?,24-,28-,30+,31-/m1/s1. The molecule has 4 aromatic rings. The van der Waals surface area contributed by atoms with Crippen molar-refractivity contribution in [2.75, 3.05) is 5.32 Å². The van der Waals surface area contributed by atoms with Gasteiger partial charge in [0.1, 0.15) is 18.0 Å². The number of aliphatic hydroxyl groups excluding tert-OH is 1. The van der Waals surface area contributed by atoms with E-state index in [1.165, 1.54) is 48.5 Å². The highest BCUT2D eigenvalue weighted by atomic mass is 19.1. The van der Waals surface area contributed by atoms with E-state index in [1.807, 2.05) is 0 Å². The number of rotatable bonds is 8. The largest absolute Gasteiger partial charge is 0.545 e. The normalized spacial score (nSPS) is 23.5. The molecular formula is C31H24FN3O9-2. The molecule has 1 amide bonds. The summed E-state index contributed by atoms with van der Waals surface area (Å²) in [5.74, 6) is -4.24. The van der Waals surface area contributed by atoms with E-state index >= 15 is 4.39 Å². The maximum atomic E-state index is 17.2. The topological polar surface area (TPSA) is 194 Å². The van der Waals surface area contributed by atoms with Crippen LogP contribution in [0.15, 0.2) is 95.9 Å².